The summed E-state index contributed by atoms with van der Waals surface area (Å²) in [5, 5.41) is 10.8. The van der Waals surface area contributed by atoms with E-state index in [1.807, 2.05) is 32.0 Å². The molecule has 6 heteroatoms. The normalized spacial score (nSPS) is 12.4. The van der Waals surface area contributed by atoms with Crippen molar-refractivity contribution in [3.63, 3.8) is 0 Å². The van der Waals surface area contributed by atoms with Crippen molar-refractivity contribution in [3.05, 3.63) is 30.0 Å². The highest BCUT2D eigenvalue weighted by Gasteiger charge is 2.38. The van der Waals surface area contributed by atoms with Crippen molar-refractivity contribution >= 4 is 25.2 Å². The number of aliphatic hydroxyl groups excluding tert-OH is 1. The number of amides is 1. The molecule has 0 fully saturated rings. The number of nitrogens with zero attached hydrogens (tertiary/aromatic N) is 2. The molecule has 0 aliphatic rings. The Bertz CT molecular complexity index is 802. The molecule has 5 nitrogen and oxygen atoms in total. The van der Waals surface area contributed by atoms with Crippen molar-refractivity contribution in [2.24, 2.45) is 0 Å². The summed E-state index contributed by atoms with van der Waals surface area (Å²) in [5.41, 5.74) is 2.24. The van der Waals surface area contributed by atoms with E-state index in [4.69, 9.17) is 4.74 Å². The third-order valence-corrected chi connectivity index (χ3v) is 11.1. The second-order valence-electron chi connectivity index (χ2n) is 8.53. The first kappa shape index (κ1) is 21.5. The minimum absolute atomic E-state index is 0.0973. The molecule has 150 valence electrons. The average molecular weight is 391 g/mol. The van der Waals surface area contributed by atoms with E-state index in [0.717, 1.165) is 16.5 Å². The first-order valence-electron chi connectivity index (χ1n) is 9.78. The number of carbonyl (C=O) groups excluding carboxylic acids is 1. The van der Waals surface area contributed by atoms with E-state index in [2.05, 4.69) is 44.3 Å². The topological polar surface area (TPSA) is 54.7 Å². The molecule has 0 aliphatic carbocycles. The lowest BCUT2D eigenvalue weighted by Crippen LogP contribution is -2.44. The standard InChI is InChI=1S/C21H34N2O3Si/c1-8-22(9-2)20(25)26-17-10-11-19-18(14-17)16(12-13-24)15-23(19)27(6,7)21(3,4)5/h10-11,14-15,24H,8-9,12-13H2,1-7H3. The number of aromatic nitrogens is 1. The number of ether oxygens (including phenoxy) is 1. The number of hydrogen-bond donors (Lipinski definition) is 1. The van der Waals surface area contributed by atoms with Crippen LogP contribution in [0, 0.1) is 0 Å². The van der Waals surface area contributed by atoms with Gasteiger partial charge in [-0.05, 0) is 55.3 Å². The highest BCUT2D eigenvalue weighted by Crippen LogP contribution is 2.40. The van der Waals surface area contributed by atoms with Gasteiger partial charge in [0.05, 0.1) is 0 Å². The number of rotatable bonds is 6. The first-order chi connectivity index (χ1) is 12.6. The van der Waals surface area contributed by atoms with E-state index in [-0.39, 0.29) is 17.7 Å². The summed E-state index contributed by atoms with van der Waals surface area (Å²) >= 11 is 0. The Labute approximate surface area is 164 Å². The molecule has 0 bridgehead atoms. The van der Waals surface area contributed by atoms with E-state index in [0.29, 0.717) is 25.3 Å². The third-order valence-electron chi connectivity index (χ3n) is 5.90. The van der Waals surface area contributed by atoms with E-state index in [9.17, 15) is 9.90 Å². The van der Waals surface area contributed by atoms with Crippen molar-refractivity contribution in [2.75, 3.05) is 19.7 Å². The summed E-state index contributed by atoms with van der Waals surface area (Å²) in [6.45, 7) is 16.8. The summed E-state index contributed by atoms with van der Waals surface area (Å²) in [5.74, 6) is 0.548. The molecule has 1 aromatic heterocycles. The maximum atomic E-state index is 12.3. The Morgan fingerprint density at radius 3 is 2.37 bits per heavy atom. The number of fused-ring (bicyclic) bond motifs is 1. The minimum atomic E-state index is -1.81. The number of carbonyl (C=O) groups is 1. The van der Waals surface area contributed by atoms with Gasteiger partial charge in [-0.3, -0.25) is 0 Å². The van der Waals surface area contributed by atoms with Gasteiger partial charge in [-0.1, -0.05) is 33.9 Å². The van der Waals surface area contributed by atoms with Gasteiger partial charge in [0.2, 0.25) is 0 Å². The first-order valence-corrected chi connectivity index (χ1v) is 12.7. The lowest BCUT2D eigenvalue weighted by Gasteiger charge is -2.38. The molecule has 0 radical (unpaired) electrons. The predicted octanol–water partition coefficient (Wildman–Crippen LogP) is 4.87. The van der Waals surface area contributed by atoms with Gasteiger partial charge in [0.15, 0.2) is 8.24 Å². The van der Waals surface area contributed by atoms with Gasteiger partial charge in [-0.2, -0.15) is 0 Å². The second-order valence-corrected chi connectivity index (χ2v) is 13.6. The van der Waals surface area contributed by atoms with Gasteiger partial charge in [-0.15, -0.1) is 0 Å². The molecule has 1 amide bonds. The SMILES string of the molecule is CCN(CC)C(=O)Oc1ccc2c(c1)c(CCO)cn2[Si](C)(C)C(C)(C)C. The van der Waals surface area contributed by atoms with Gasteiger partial charge >= 0.3 is 6.09 Å². The van der Waals surface area contributed by atoms with Gasteiger partial charge in [0.1, 0.15) is 5.75 Å². The fourth-order valence-corrected chi connectivity index (χ4v) is 5.13. The Balaban J connectivity index is 2.51. The molecule has 1 aromatic carbocycles. The maximum Gasteiger partial charge on any atom is 0.415 e. The molecule has 0 spiro atoms. The van der Waals surface area contributed by atoms with Gasteiger partial charge < -0.3 is 19.0 Å². The number of benzene rings is 1. The van der Waals surface area contributed by atoms with Gasteiger partial charge in [0, 0.05) is 30.6 Å². The summed E-state index contributed by atoms with van der Waals surface area (Å²) in [6, 6.07) is 5.85. The van der Waals surface area contributed by atoms with Crippen molar-refractivity contribution in [1.29, 1.82) is 0 Å². The van der Waals surface area contributed by atoms with Crippen molar-refractivity contribution in [1.82, 2.24) is 9.13 Å². The van der Waals surface area contributed by atoms with E-state index in [1.165, 1.54) is 0 Å². The van der Waals surface area contributed by atoms with Crippen LogP contribution in [0.25, 0.3) is 10.9 Å². The molecule has 27 heavy (non-hydrogen) atoms. The van der Waals surface area contributed by atoms with Crippen LogP contribution in [0.15, 0.2) is 24.4 Å². The van der Waals surface area contributed by atoms with Crippen LogP contribution in [0.3, 0.4) is 0 Å². The Kier molecular flexibility index (Phi) is 6.42. The van der Waals surface area contributed by atoms with Crippen LogP contribution in [0.4, 0.5) is 4.79 Å². The highest BCUT2D eigenvalue weighted by molar-refractivity contribution is 6.79. The monoisotopic (exact) mass is 390 g/mol. The average Bonchev–Trinajstić information content (AvgIpc) is 2.94. The van der Waals surface area contributed by atoms with Crippen LogP contribution in [0.5, 0.6) is 5.75 Å². The molecule has 2 aromatic rings. The van der Waals surface area contributed by atoms with Crippen molar-refractivity contribution in [3.8, 4) is 5.75 Å². The zero-order valence-corrected chi connectivity index (χ0v) is 18.8. The van der Waals surface area contributed by atoms with Crippen LogP contribution in [0.1, 0.15) is 40.2 Å². The Morgan fingerprint density at radius 1 is 1.22 bits per heavy atom. The molecule has 1 heterocycles. The van der Waals surface area contributed by atoms with Gasteiger partial charge in [-0.25, -0.2) is 4.79 Å². The molecule has 0 saturated heterocycles. The fourth-order valence-electron chi connectivity index (χ4n) is 3.13. The summed E-state index contributed by atoms with van der Waals surface area (Å²) in [7, 11) is -1.81. The Hall–Kier alpha value is -1.79. The predicted molar refractivity (Wildman–Crippen MR) is 114 cm³/mol. The smallest absolute Gasteiger partial charge is 0.410 e. The summed E-state index contributed by atoms with van der Waals surface area (Å²) in [4.78, 5) is 13.9. The molecule has 2 rings (SSSR count). The zero-order chi connectivity index (χ0) is 20.4. The molecular weight excluding hydrogens is 356 g/mol. The van der Waals surface area contributed by atoms with Crippen LogP contribution >= 0.6 is 0 Å². The van der Waals surface area contributed by atoms with Crippen molar-refractivity contribution < 1.29 is 14.6 Å². The third kappa shape index (κ3) is 4.22. The van der Waals surface area contributed by atoms with E-state index < -0.39 is 8.24 Å². The lowest BCUT2D eigenvalue weighted by molar-refractivity contribution is 0.157. The van der Waals surface area contributed by atoms with Crippen LogP contribution in [0.2, 0.25) is 18.1 Å². The minimum Gasteiger partial charge on any atom is -0.410 e. The Morgan fingerprint density at radius 2 is 1.85 bits per heavy atom. The molecule has 0 unspecified atom stereocenters. The summed E-state index contributed by atoms with van der Waals surface area (Å²) in [6.07, 6.45) is 2.45. The zero-order valence-electron chi connectivity index (χ0n) is 17.8. The molecule has 1 N–H and O–H groups in total. The molecular formula is C21H34N2O3Si. The molecule has 0 saturated carbocycles. The van der Waals surface area contributed by atoms with E-state index in [1.54, 1.807) is 4.90 Å². The number of hydrogen-bond acceptors (Lipinski definition) is 3. The second kappa shape index (κ2) is 8.06. The molecule has 0 atom stereocenters. The maximum absolute atomic E-state index is 12.3. The van der Waals surface area contributed by atoms with Gasteiger partial charge in [0.25, 0.3) is 0 Å². The molecule has 0 aliphatic heterocycles. The van der Waals surface area contributed by atoms with E-state index >= 15 is 0 Å². The largest absolute Gasteiger partial charge is 0.415 e. The lowest BCUT2D eigenvalue weighted by atomic mass is 10.1. The quantitative estimate of drug-likeness (QED) is 0.716. The fraction of sp³-hybridized carbons (Fsp3) is 0.571. The number of aliphatic hydroxyl groups is 1. The van der Waals surface area contributed by atoms with Crippen LogP contribution < -0.4 is 4.74 Å². The van der Waals surface area contributed by atoms with Crippen LogP contribution in [-0.4, -0.2) is 48.3 Å². The highest BCUT2D eigenvalue weighted by atomic mass is 28.3. The van der Waals surface area contributed by atoms with Crippen LogP contribution in [-0.2, 0) is 6.42 Å². The van der Waals surface area contributed by atoms with Crippen molar-refractivity contribution in [2.45, 2.75) is 59.2 Å². The summed E-state index contributed by atoms with van der Waals surface area (Å²) < 4.78 is 8.01.